The number of nitrogens with one attached hydrogen (secondary N) is 1. The summed E-state index contributed by atoms with van der Waals surface area (Å²) in [5, 5.41) is 3.75. The Morgan fingerprint density at radius 3 is 2.79 bits per heavy atom. The van der Waals surface area contributed by atoms with Gasteiger partial charge in [-0.15, -0.1) is 0 Å². The summed E-state index contributed by atoms with van der Waals surface area (Å²) in [6, 6.07) is 5.89. The quantitative estimate of drug-likeness (QED) is 0.662. The molecule has 2 aromatic rings. The van der Waals surface area contributed by atoms with Crippen LogP contribution in [0.25, 0.3) is 11.3 Å². The third-order valence-electron chi connectivity index (χ3n) is 5.59. The molecule has 1 N–H and O–H groups in total. The van der Waals surface area contributed by atoms with Gasteiger partial charge in [-0.3, -0.25) is 9.59 Å². The topological polar surface area (TPSA) is 93.7 Å². The average Bonchev–Trinajstić information content (AvgIpc) is 2.76. The number of benzene rings is 1. The number of carbonyl (C=O) groups is 2. The Morgan fingerprint density at radius 2 is 2.06 bits per heavy atom. The summed E-state index contributed by atoms with van der Waals surface area (Å²) >= 11 is 6.42. The van der Waals surface area contributed by atoms with E-state index in [1.54, 1.807) is 33.0 Å². The molecular weight excluding hydrogens is 444 g/mol. The summed E-state index contributed by atoms with van der Waals surface area (Å²) in [6.45, 7) is 7.24. The molecule has 0 radical (unpaired) electrons. The van der Waals surface area contributed by atoms with Crippen molar-refractivity contribution >= 4 is 29.4 Å². The average molecular weight is 473 g/mol. The highest BCUT2D eigenvalue weighted by molar-refractivity contribution is 6.33. The maximum absolute atomic E-state index is 13.1. The largest absolute Gasteiger partial charge is 0.459 e. The normalized spacial score (nSPS) is 17.0. The van der Waals surface area contributed by atoms with Crippen molar-refractivity contribution < 1.29 is 19.1 Å². The molecule has 0 unspecified atom stereocenters. The fourth-order valence-electron chi connectivity index (χ4n) is 4.01. The number of rotatable bonds is 5. The number of anilines is 1. The molecule has 0 bridgehead atoms. The predicted molar refractivity (Wildman–Crippen MR) is 125 cm³/mol. The molecule has 4 rings (SSSR count). The zero-order valence-electron chi connectivity index (χ0n) is 19.2. The standard InChI is InChI=1S/C24H29ClN4O4/c1-24(2,3)33-20(30)14-29-9-6-15-4-5-16(12-18(15)22(29)31)21-19(25)13-26-23(28-21)27-17-7-10-32-11-8-17/h4-5,12-13,17H,6-11,14H2,1-3H3,(H,26,27,28). The molecule has 0 spiro atoms. The van der Waals surface area contributed by atoms with E-state index in [2.05, 4.69) is 15.3 Å². The van der Waals surface area contributed by atoms with Crippen LogP contribution in [0.2, 0.25) is 5.02 Å². The summed E-state index contributed by atoms with van der Waals surface area (Å²) in [5.74, 6) is -0.121. The smallest absolute Gasteiger partial charge is 0.326 e. The number of ether oxygens (including phenoxy) is 2. The van der Waals surface area contributed by atoms with Gasteiger partial charge in [0, 0.05) is 36.9 Å². The van der Waals surface area contributed by atoms with Gasteiger partial charge >= 0.3 is 5.97 Å². The number of halogens is 1. The van der Waals surface area contributed by atoms with Crippen molar-refractivity contribution in [2.45, 2.75) is 51.7 Å². The minimum atomic E-state index is -0.596. The number of hydrogen-bond donors (Lipinski definition) is 1. The summed E-state index contributed by atoms with van der Waals surface area (Å²) < 4.78 is 10.8. The van der Waals surface area contributed by atoms with Crippen molar-refractivity contribution in [1.82, 2.24) is 14.9 Å². The van der Waals surface area contributed by atoms with Crippen LogP contribution in [0.3, 0.4) is 0 Å². The van der Waals surface area contributed by atoms with Crippen LogP contribution in [0.15, 0.2) is 24.4 Å². The van der Waals surface area contributed by atoms with Gasteiger partial charge in [0.15, 0.2) is 0 Å². The van der Waals surface area contributed by atoms with Gasteiger partial charge in [-0.25, -0.2) is 9.97 Å². The van der Waals surface area contributed by atoms with E-state index >= 15 is 0 Å². The predicted octanol–water partition coefficient (Wildman–Crippen LogP) is 3.73. The summed E-state index contributed by atoms with van der Waals surface area (Å²) in [6.07, 6.45) is 4.02. The van der Waals surface area contributed by atoms with Crippen LogP contribution < -0.4 is 5.32 Å². The number of carbonyl (C=O) groups excluding carboxylic acids is 2. The molecule has 3 heterocycles. The molecule has 0 atom stereocenters. The summed E-state index contributed by atoms with van der Waals surface area (Å²) in [5.41, 5.74) is 2.18. The highest BCUT2D eigenvalue weighted by Gasteiger charge is 2.28. The fourth-order valence-corrected chi connectivity index (χ4v) is 4.21. The molecule has 1 fully saturated rings. The second-order valence-electron chi connectivity index (χ2n) is 9.36. The van der Waals surface area contributed by atoms with Crippen LogP contribution in [0.4, 0.5) is 5.95 Å². The lowest BCUT2D eigenvalue weighted by atomic mass is 9.95. The van der Waals surface area contributed by atoms with Gasteiger partial charge in [-0.1, -0.05) is 23.7 Å². The van der Waals surface area contributed by atoms with Gasteiger partial charge < -0.3 is 19.7 Å². The Morgan fingerprint density at radius 1 is 1.30 bits per heavy atom. The molecule has 1 aromatic carbocycles. The molecule has 1 aromatic heterocycles. The molecule has 33 heavy (non-hydrogen) atoms. The van der Waals surface area contributed by atoms with Crippen molar-refractivity contribution in [3.63, 3.8) is 0 Å². The Balaban J connectivity index is 1.54. The minimum Gasteiger partial charge on any atom is -0.459 e. The van der Waals surface area contributed by atoms with Gasteiger partial charge in [-0.2, -0.15) is 0 Å². The van der Waals surface area contributed by atoms with E-state index in [1.807, 2.05) is 12.1 Å². The zero-order valence-corrected chi connectivity index (χ0v) is 19.9. The second kappa shape index (κ2) is 9.65. The first-order valence-corrected chi connectivity index (χ1v) is 11.6. The third kappa shape index (κ3) is 5.81. The second-order valence-corrected chi connectivity index (χ2v) is 9.76. The summed E-state index contributed by atoms with van der Waals surface area (Å²) in [4.78, 5) is 35.9. The highest BCUT2D eigenvalue weighted by atomic mass is 35.5. The Labute approximate surface area is 198 Å². The minimum absolute atomic E-state index is 0.0762. The van der Waals surface area contributed by atoms with E-state index in [1.165, 1.54) is 4.90 Å². The van der Waals surface area contributed by atoms with Crippen molar-refractivity contribution in [3.05, 3.63) is 40.5 Å². The summed E-state index contributed by atoms with van der Waals surface area (Å²) in [7, 11) is 0. The van der Waals surface area contributed by atoms with Gasteiger partial charge in [0.2, 0.25) is 5.95 Å². The van der Waals surface area contributed by atoms with Crippen LogP contribution in [-0.2, 0) is 20.7 Å². The number of aromatic nitrogens is 2. The molecule has 176 valence electrons. The van der Waals surface area contributed by atoms with Crippen molar-refractivity contribution in [1.29, 1.82) is 0 Å². The van der Waals surface area contributed by atoms with Gasteiger partial charge in [-0.05, 0) is 51.7 Å². The number of esters is 1. The monoisotopic (exact) mass is 472 g/mol. The van der Waals surface area contributed by atoms with Crippen molar-refractivity contribution in [2.24, 2.45) is 0 Å². The molecule has 0 aliphatic carbocycles. The van der Waals surface area contributed by atoms with Crippen LogP contribution in [0.5, 0.6) is 0 Å². The fraction of sp³-hybridized carbons (Fsp3) is 0.500. The number of hydrogen-bond acceptors (Lipinski definition) is 7. The van der Waals surface area contributed by atoms with E-state index < -0.39 is 11.6 Å². The molecule has 8 nitrogen and oxygen atoms in total. The number of nitrogens with zero attached hydrogens (tertiary/aromatic N) is 3. The molecule has 1 saturated heterocycles. The Bertz CT molecular complexity index is 1050. The Kier molecular flexibility index (Phi) is 6.86. The van der Waals surface area contributed by atoms with Gasteiger partial charge in [0.1, 0.15) is 12.1 Å². The highest BCUT2D eigenvalue weighted by Crippen LogP contribution is 2.30. The zero-order chi connectivity index (χ0) is 23.6. The molecular formula is C24H29ClN4O4. The number of fused-ring (bicyclic) bond motifs is 1. The molecule has 2 aliphatic rings. The van der Waals surface area contributed by atoms with E-state index in [4.69, 9.17) is 21.1 Å². The first-order chi connectivity index (χ1) is 15.7. The maximum atomic E-state index is 13.1. The van der Waals surface area contributed by atoms with E-state index in [-0.39, 0.29) is 18.5 Å². The SMILES string of the molecule is CC(C)(C)OC(=O)CN1CCc2ccc(-c3nc(NC4CCOCC4)ncc3Cl)cc2C1=O. The van der Waals surface area contributed by atoms with Gasteiger partial charge in [0.05, 0.1) is 16.9 Å². The number of amides is 1. The molecule has 2 aliphatic heterocycles. The van der Waals surface area contributed by atoms with Crippen molar-refractivity contribution in [2.75, 3.05) is 31.6 Å². The van der Waals surface area contributed by atoms with Crippen LogP contribution in [0.1, 0.15) is 49.5 Å². The van der Waals surface area contributed by atoms with Crippen molar-refractivity contribution in [3.8, 4) is 11.3 Å². The lowest BCUT2D eigenvalue weighted by molar-refractivity contribution is -0.155. The van der Waals surface area contributed by atoms with Crippen LogP contribution in [0, 0.1) is 0 Å². The van der Waals surface area contributed by atoms with E-state index in [0.29, 0.717) is 48.4 Å². The first kappa shape index (κ1) is 23.4. The van der Waals surface area contributed by atoms with E-state index in [9.17, 15) is 9.59 Å². The third-order valence-corrected chi connectivity index (χ3v) is 5.87. The first-order valence-electron chi connectivity index (χ1n) is 11.2. The molecule has 9 heteroatoms. The van der Waals surface area contributed by atoms with Crippen LogP contribution >= 0.6 is 11.6 Å². The molecule has 1 amide bonds. The van der Waals surface area contributed by atoms with Gasteiger partial charge in [0.25, 0.3) is 5.91 Å². The lowest BCUT2D eigenvalue weighted by Gasteiger charge is -2.29. The molecule has 0 saturated carbocycles. The maximum Gasteiger partial charge on any atom is 0.326 e. The van der Waals surface area contributed by atoms with Crippen LogP contribution in [-0.4, -0.2) is 64.7 Å². The lowest BCUT2D eigenvalue weighted by Crippen LogP contribution is -2.42. The Hall–Kier alpha value is -2.71. The van der Waals surface area contributed by atoms with E-state index in [0.717, 1.165) is 24.0 Å².